The van der Waals surface area contributed by atoms with Gasteiger partial charge in [0.1, 0.15) is 6.04 Å². The molecule has 4 heteroatoms. The zero-order chi connectivity index (χ0) is 8.65. The number of cyclic esters (lactones) is 2. The summed E-state index contributed by atoms with van der Waals surface area (Å²) in [6.45, 7) is 3.55. The van der Waals surface area contributed by atoms with Crippen LogP contribution in [0.5, 0.6) is 0 Å². The molecule has 62 valence electrons. The largest absolute Gasteiger partial charge is 0.392 e. The Hall–Kier alpha value is -0.900. The Morgan fingerprint density at radius 1 is 1.55 bits per heavy atom. The van der Waals surface area contributed by atoms with Crippen LogP contribution < -0.4 is 5.73 Å². The monoisotopic (exact) mass is 157 g/mol. The highest BCUT2D eigenvalue weighted by atomic mass is 16.6. The molecule has 1 aliphatic heterocycles. The van der Waals surface area contributed by atoms with E-state index in [1.807, 2.05) is 0 Å². The summed E-state index contributed by atoms with van der Waals surface area (Å²) < 4.78 is 4.33. The highest BCUT2D eigenvalue weighted by molar-refractivity contribution is 5.92. The van der Waals surface area contributed by atoms with Gasteiger partial charge < -0.3 is 10.5 Å². The van der Waals surface area contributed by atoms with Gasteiger partial charge in [0, 0.05) is 5.41 Å². The molecule has 0 aromatic rings. The van der Waals surface area contributed by atoms with Crippen molar-refractivity contribution in [1.82, 2.24) is 0 Å². The molecule has 11 heavy (non-hydrogen) atoms. The number of ether oxygens (including phenoxy) is 1. The van der Waals surface area contributed by atoms with Gasteiger partial charge in [-0.15, -0.1) is 0 Å². The van der Waals surface area contributed by atoms with Gasteiger partial charge in [0.2, 0.25) is 0 Å². The molecule has 1 atom stereocenters. The van der Waals surface area contributed by atoms with Crippen molar-refractivity contribution in [3.63, 3.8) is 0 Å². The first-order chi connectivity index (χ1) is 4.93. The molecule has 1 heterocycles. The van der Waals surface area contributed by atoms with Crippen molar-refractivity contribution < 1.29 is 14.3 Å². The van der Waals surface area contributed by atoms with Gasteiger partial charge in [-0.05, 0) is 0 Å². The molecule has 0 aliphatic carbocycles. The molecule has 0 aromatic heterocycles. The van der Waals surface area contributed by atoms with Gasteiger partial charge >= 0.3 is 11.9 Å². The zero-order valence-corrected chi connectivity index (χ0v) is 6.59. The third kappa shape index (κ3) is 1.40. The standard InChI is InChI=1S/C7H11NO3/c1-7(2)3-4(9)11-6(10)5(7)8/h5H,3,8H2,1-2H3/t5-/m1/s1. The Labute approximate surface area is 64.7 Å². The lowest BCUT2D eigenvalue weighted by molar-refractivity contribution is -0.170. The van der Waals surface area contributed by atoms with Crippen molar-refractivity contribution in [1.29, 1.82) is 0 Å². The van der Waals surface area contributed by atoms with E-state index < -0.39 is 23.4 Å². The lowest BCUT2D eigenvalue weighted by atomic mass is 9.80. The van der Waals surface area contributed by atoms with Gasteiger partial charge in [-0.2, -0.15) is 0 Å². The first-order valence-electron chi connectivity index (χ1n) is 3.43. The number of esters is 2. The minimum atomic E-state index is -0.680. The lowest BCUT2D eigenvalue weighted by Crippen LogP contribution is -2.50. The smallest absolute Gasteiger partial charge is 0.331 e. The summed E-state index contributed by atoms with van der Waals surface area (Å²) in [6.07, 6.45) is 0.208. The predicted octanol–water partition coefficient (Wildman–Crippen LogP) is -0.187. The van der Waals surface area contributed by atoms with Gasteiger partial charge in [0.15, 0.2) is 0 Å². The van der Waals surface area contributed by atoms with Crippen LogP contribution >= 0.6 is 0 Å². The molecule has 0 amide bonds. The van der Waals surface area contributed by atoms with E-state index in [1.54, 1.807) is 13.8 Å². The van der Waals surface area contributed by atoms with Gasteiger partial charge in [-0.25, -0.2) is 4.79 Å². The molecule has 4 nitrogen and oxygen atoms in total. The second-order valence-electron chi connectivity index (χ2n) is 3.44. The van der Waals surface area contributed by atoms with Crippen LogP contribution in [0.4, 0.5) is 0 Å². The van der Waals surface area contributed by atoms with Gasteiger partial charge in [0.05, 0.1) is 6.42 Å². The normalized spacial score (nSPS) is 29.9. The number of hydrogen-bond donors (Lipinski definition) is 1. The van der Waals surface area contributed by atoms with Crippen molar-refractivity contribution in [3.8, 4) is 0 Å². The SMILES string of the molecule is CC1(C)CC(=O)OC(=O)[C@H]1N. The summed E-state index contributed by atoms with van der Waals surface area (Å²) in [6, 6.07) is -0.680. The van der Waals surface area contributed by atoms with Crippen molar-refractivity contribution in [2.24, 2.45) is 11.1 Å². The van der Waals surface area contributed by atoms with Crippen LogP contribution in [-0.4, -0.2) is 18.0 Å². The van der Waals surface area contributed by atoms with E-state index >= 15 is 0 Å². The first-order valence-corrected chi connectivity index (χ1v) is 3.43. The molecular weight excluding hydrogens is 146 g/mol. The van der Waals surface area contributed by atoms with E-state index in [0.717, 1.165) is 0 Å². The van der Waals surface area contributed by atoms with Crippen molar-refractivity contribution >= 4 is 11.9 Å². The highest BCUT2D eigenvalue weighted by Crippen LogP contribution is 2.28. The van der Waals surface area contributed by atoms with E-state index in [-0.39, 0.29) is 6.42 Å². The molecular formula is C7H11NO3. The number of nitrogens with two attached hydrogens (primary N) is 1. The third-order valence-corrected chi connectivity index (χ3v) is 1.91. The zero-order valence-electron chi connectivity index (χ0n) is 6.59. The Morgan fingerprint density at radius 2 is 2.09 bits per heavy atom. The number of carbonyl (C=O) groups excluding carboxylic acids is 2. The van der Waals surface area contributed by atoms with Crippen LogP contribution in [0.2, 0.25) is 0 Å². The fourth-order valence-corrected chi connectivity index (χ4v) is 1.01. The molecule has 1 fully saturated rings. The van der Waals surface area contributed by atoms with Crippen molar-refractivity contribution in [2.75, 3.05) is 0 Å². The van der Waals surface area contributed by atoms with E-state index in [9.17, 15) is 9.59 Å². The predicted molar refractivity (Wildman–Crippen MR) is 37.5 cm³/mol. The molecule has 0 aromatic carbocycles. The van der Waals surface area contributed by atoms with Crippen LogP contribution in [0.3, 0.4) is 0 Å². The quantitative estimate of drug-likeness (QED) is 0.391. The fraction of sp³-hybridized carbons (Fsp3) is 0.714. The fourth-order valence-electron chi connectivity index (χ4n) is 1.01. The third-order valence-electron chi connectivity index (χ3n) is 1.91. The molecule has 0 unspecified atom stereocenters. The molecule has 0 saturated carbocycles. The number of carbonyl (C=O) groups is 2. The Morgan fingerprint density at radius 3 is 2.55 bits per heavy atom. The summed E-state index contributed by atoms with van der Waals surface area (Å²) in [4.78, 5) is 21.6. The molecule has 1 aliphatic rings. The minimum Gasteiger partial charge on any atom is -0.392 e. The van der Waals surface area contributed by atoms with Crippen LogP contribution in [-0.2, 0) is 14.3 Å². The van der Waals surface area contributed by atoms with E-state index in [1.165, 1.54) is 0 Å². The van der Waals surface area contributed by atoms with Crippen LogP contribution in [0, 0.1) is 5.41 Å². The van der Waals surface area contributed by atoms with Gasteiger partial charge in [0.25, 0.3) is 0 Å². The summed E-state index contributed by atoms with van der Waals surface area (Å²) in [5, 5.41) is 0. The van der Waals surface area contributed by atoms with Gasteiger partial charge in [-0.1, -0.05) is 13.8 Å². The number of hydrogen-bond acceptors (Lipinski definition) is 4. The molecule has 1 rings (SSSR count). The summed E-state index contributed by atoms with van der Waals surface area (Å²) >= 11 is 0. The first kappa shape index (κ1) is 8.20. The Balaban J connectivity index is 2.83. The minimum absolute atomic E-state index is 0.208. The maximum Gasteiger partial charge on any atom is 0.331 e. The second kappa shape index (κ2) is 2.30. The maximum atomic E-state index is 10.9. The Kier molecular flexibility index (Phi) is 1.72. The second-order valence-corrected chi connectivity index (χ2v) is 3.44. The van der Waals surface area contributed by atoms with E-state index in [2.05, 4.69) is 4.74 Å². The van der Waals surface area contributed by atoms with Crippen LogP contribution in [0.1, 0.15) is 20.3 Å². The van der Waals surface area contributed by atoms with Crippen molar-refractivity contribution in [2.45, 2.75) is 26.3 Å². The Bertz CT molecular complexity index is 210. The van der Waals surface area contributed by atoms with Crippen LogP contribution in [0.15, 0.2) is 0 Å². The summed E-state index contributed by atoms with van der Waals surface area (Å²) in [5.74, 6) is -1.10. The molecule has 2 N–H and O–H groups in total. The average Bonchev–Trinajstić information content (AvgIpc) is 1.81. The molecule has 0 bridgehead atoms. The number of rotatable bonds is 0. The average molecular weight is 157 g/mol. The summed E-state index contributed by atoms with van der Waals surface area (Å²) in [5.41, 5.74) is 5.03. The highest BCUT2D eigenvalue weighted by Gasteiger charge is 2.41. The molecule has 1 saturated heterocycles. The summed E-state index contributed by atoms with van der Waals surface area (Å²) in [7, 11) is 0. The van der Waals surface area contributed by atoms with Crippen LogP contribution in [0.25, 0.3) is 0 Å². The van der Waals surface area contributed by atoms with E-state index in [4.69, 9.17) is 5.73 Å². The van der Waals surface area contributed by atoms with Gasteiger partial charge in [-0.3, -0.25) is 4.79 Å². The van der Waals surface area contributed by atoms with Crippen molar-refractivity contribution in [3.05, 3.63) is 0 Å². The lowest BCUT2D eigenvalue weighted by Gasteiger charge is -2.32. The topological polar surface area (TPSA) is 69.4 Å². The molecule has 0 spiro atoms. The molecule has 0 radical (unpaired) electrons. The van der Waals surface area contributed by atoms with E-state index in [0.29, 0.717) is 0 Å². The maximum absolute atomic E-state index is 10.9.